The maximum absolute atomic E-state index is 11.4. The van der Waals surface area contributed by atoms with Gasteiger partial charge in [0.25, 0.3) is 0 Å². The van der Waals surface area contributed by atoms with E-state index in [1.165, 1.54) is 0 Å². The van der Waals surface area contributed by atoms with Gasteiger partial charge in [0, 0.05) is 18.3 Å². The number of ketones is 2. The molecule has 140 valence electrons. The Morgan fingerprint density at radius 2 is 1.64 bits per heavy atom. The first kappa shape index (κ1) is 21.3. The minimum absolute atomic E-state index is 0.0313. The van der Waals surface area contributed by atoms with Gasteiger partial charge in [-0.25, -0.2) is 0 Å². The molecule has 0 bridgehead atoms. The quantitative estimate of drug-likeness (QED) is 0.670. The van der Waals surface area contributed by atoms with Crippen LogP contribution in [0.1, 0.15) is 44.1 Å². The average molecular weight is 352 g/mol. The minimum atomic E-state index is -0.667. The normalized spacial score (nSPS) is 15.6. The molecule has 0 heterocycles. The molecule has 1 fully saturated rings. The highest BCUT2D eigenvalue weighted by Gasteiger charge is 2.26. The lowest BCUT2D eigenvalue weighted by atomic mass is 9.82. The summed E-state index contributed by atoms with van der Waals surface area (Å²) in [7, 11) is 1.61. The lowest BCUT2D eigenvalue weighted by molar-refractivity contribution is -0.130. The molecule has 1 aliphatic rings. The molecule has 1 saturated carbocycles. The van der Waals surface area contributed by atoms with Gasteiger partial charge in [-0.1, -0.05) is 19.1 Å². The minimum Gasteiger partial charge on any atom is -0.497 e. The van der Waals surface area contributed by atoms with Crippen molar-refractivity contribution in [1.29, 1.82) is 0 Å². The molecule has 0 amide bonds. The maximum atomic E-state index is 11.4. The van der Waals surface area contributed by atoms with Crippen LogP contribution in [-0.2, 0) is 9.59 Å². The van der Waals surface area contributed by atoms with Crippen molar-refractivity contribution in [3.05, 3.63) is 29.8 Å². The van der Waals surface area contributed by atoms with Gasteiger partial charge in [0.15, 0.2) is 0 Å². The Bertz CT molecular complexity index is 531. The van der Waals surface area contributed by atoms with E-state index < -0.39 is 5.41 Å². The van der Waals surface area contributed by atoms with Gasteiger partial charge in [-0.15, -0.1) is 0 Å². The molecule has 1 aromatic carbocycles. The van der Waals surface area contributed by atoms with Crippen LogP contribution in [0.15, 0.2) is 24.3 Å². The van der Waals surface area contributed by atoms with E-state index in [1.54, 1.807) is 7.11 Å². The summed E-state index contributed by atoms with van der Waals surface area (Å²) in [5, 5.41) is 26.0. The number of methoxy groups -OCH3 is 1. The number of benzene rings is 1. The lowest BCUT2D eigenvalue weighted by Crippen LogP contribution is -2.32. The van der Waals surface area contributed by atoms with Crippen LogP contribution in [0, 0.1) is 5.41 Å². The van der Waals surface area contributed by atoms with E-state index in [0.717, 1.165) is 11.3 Å². The van der Waals surface area contributed by atoms with Crippen LogP contribution in [0.4, 0.5) is 0 Å². The summed E-state index contributed by atoms with van der Waals surface area (Å²) in [5.41, 5.74) is 0.348. The molecule has 6 nitrogen and oxygen atoms in total. The SMILES string of the molecule is CCC(CO)(CO)CO.COc1cccc(C2CC(=O)CC(=O)C2)c1. The van der Waals surface area contributed by atoms with E-state index in [4.69, 9.17) is 20.1 Å². The zero-order valence-electron chi connectivity index (χ0n) is 14.9. The van der Waals surface area contributed by atoms with E-state index in [-0.39, 0.29) is 43.7 Å². The van der Waals surface area contributed by atoms with Gasteiger partial charge in [-0.2, -0.15) is 0 Å². The number of aliphatic hydroxyl groups is 3. The fourth-order valence-corrected chi connectivity index (χ4v) is 2.60. The number of carbonyl (C=O) groups is 2. The van der Waals surface area contributed by atoms with E-state index >= 15 is 0 Å². The fourth-order valence-electron chi connectivity index (χ4n) is 2.60. The molecule has 0 atom stereocenters. The molecule has 0 saturated heterocycles. The Morgan fingerprint density at radius 1 is 1.08 bits per heavy atom. The van der Waals surface area contributed by atoms with Crippen molar-refractivity contribution >= 4 is 11.6 Å². The molecule has 0 unspecified atom stereocenters. The van der Waals surface area contributed by atoms with Crippen LogP contribution >= 0.6 is 0 Å². The summed E-state index contributed by atoms with van der Waals surface area (Å²) in [5.74, 6) is 0.889. The van der Waals surface area contributed by atoms with Crippen molar-refractivity contribution in [3.63, 3.8) is 0 Å². The Hall–Kier alpha value is -1.76. The highest BCUT2D eigenvalue weighted by atomic mass is 16.5. The number of aliphatic hydroxyl groups excluding tert-OH is 3. The summed E-state index contributed by atoms with van der Waals surface area (Å²) >= 11 is 0. The molecule has 1 aliphatic carbocycles. The largest absolute Gasteiger partial charge is 0.497 e. The van der Waals surface area contributed by atoms with Crippen molar-refractivity contribution in [2.24, 2.45) is 5.41 Å². The monoisotopic (exact) mass is 352 g/mol. The van der Waals surface area contributed by atoms with E-state index in [1.807, 2.05) is 31.2 Å². The van der Waals surface area contributed by atoms with Crippen LogP contribution in [-0.4, -0.2) is 53.8 Å². The van der Waals surface area contributed by atoms with Gasteiger partial charge < -0.3 is 20.1 Å². The first-order valence-corrected chi connectivity index (χ1v) is 8.43. The van der Waals surface area contributed by atoms with E-state index in [2.05, 4.69) is 0 Å². The van der Waals surface area contributed by atoms with Gasteiger partial charge in [-0.3, -0.25) is 9.59 Å². The van der Waals surface area contributed by atoms with Gasteiger partial charge in [-0.05, 0) is 30.0 Å². The standard InChI is InChI=1S/C13H14O3.C6H14O3/c1-16-13-4-2-3-9(7-13)10-5-11(14)8-12(15)6-10;1-2-6(3-7,4-8)5-9/h2-4,7,10H,5-6,8H2,1H3;7-9H,2-5H2,1H3. The molecule has 6 heteroatoms. The van der Waals surface area contributed by atoms with Gasteiger partial charge in [0.2, 0.25) is 0 Å². The molecule has 25 heavy (non-hydrogen) atoms. The molecular weight excluding hydrogens is 324 g/mol. The maximum Gasteiger partial charge on any atom is 0.140 e. The van der Waals surface area contributed by atoms with Crippen molar-refractivity contribution < 1.29 is 29.6 Å². The third kappa shape index (κ3) is 6.23. The third-order valence-corrected chi connectivity index (χ3v) is 4.66. The van der Waals surface area contributed by atoms with Gasteiger partial charge in [0.05, 0.1) is 33.4 Å². The molecule has 0 spiro atoms. The second kappa shape index (κ2) is 10.3. The van der Waals surface area contributed by atoms with Crippen molar-refractivity contribution in [2.75, 3.05) is 26.9 Å². The summed E-state index contributed by atoms with van der Waals surface area (Å²) < 4.78 is 5.13. The topological polar surface area (TPSA) is 104 Å². The Balaban J connectivity index is 0.000000299. The van der Waals surface area contributed by atoms with Crippen molar-refractivity contribution in [3.8, 4) is 5.75 Å². The molecule has 0 aliphatic heterocycles. The second-order valence-corrected chi connectivity index (χ2v) is 6.46. The smallest absolute Gasteiger partial charge is 0.140 e. The molecule has 0 aromatic heterocycles. The number of rotatable bonds is 6. The van der Waals surface area contributed by atoms with Gasteiger partial charge >= 0.3 is 0 Å². The molecular formula is C19H28O6. The zero-order valence-corrected chi connectivity index (χ0v) is 14.9. The molecule has 0 radical (unpaired) electrons. The highest BCUT2D eigenvalue weighted by Crippen LogP contribution is 2.30. The summed E-state index contributed by atoms with van der Waals surface area (Å²) in [4.78, 5) is 22.7. The lowest BCUT2D eigenvalue weighted by Gasteiger charge is -2.24. The molecule has 2 rings (SSSR count). The summed E-state index contributed by atoms with van der Waals surface area (Å²) in [6.07, 6.45) is 1.65. The first-order chi connectivity index (χ1) is 11.9. The predicted octanol–water partition coefficient (Wildman–Crippen LogP) is 1.46. The molecule has 3 N–H and O–H groups in total. The van der Waals surface area contributed by atoms with Gasteiger partial charge in [0.1, 0.15) is 17.3 Å². The second-order valence-electron chi connectivity index (χ2n) is 6.46. The zero-order chi connectivity index (χ0) is 18.9. The Morgan fingerprint density at radius 3 is 2.04 bits per heavy atom. The predicted molar refractivity (Wildman–Crippen MR) is 93.6 cm³/mol. The number of carbonyl (C=O) groups excluding carboxylic acids is 2. The van der Waals surface area contributed by atoms with Crippen LogP contribution in [0.25, 0.3) is 0 Å². The van der Waals surface area contributed by atoms with Crippen LogP contribution in [0.5, 0.6) is 5.75 Å². The number of hydrogen-bond donors (Lipinski definition) is 3. The first-order valence-electron chi connectivity index (χ1n) is 8.43. The van der Waals surface area contributed by atoms with E-state index in [9.17, 15) is 9.59 Å². The highest BCUT2D eigenvalue weighted by molar-refractivity contribution is 6.02. The van der Waals surface area contributed by atoms with Crippen molar-refractivity contribution in [1.82, 2.24) is 0 Å². The molecule has 1 aromatic rings. The van der Waals surface area contributed by atoms with E-state index in [0.29, 0.717) is 19.3 Å². The number of ether oxygens (including phenoxy) is 1. The Labute approximate surface area is 148 Å². The van der Waals surface area contributed by atoms with Crippen molar-refractivity contribution in [2.45, 2.75) is 38.5 Å². The van der Waals surface area contributed by atoms with Crippen LogP contribution in [0.2, 0.25) is 0 Å². The number of hydrogen-bond acceptors (Lipinski definition) is 6. The summed E-state index contributed by atoms with van der Waals surface area (Å²) in [6, 6.07) is 7.59. The summed E-state index contributed by atoms with van der Waals surface area (Å²) in [6.45, 7) is 1.35. The van der Waals surface area contributed by atoms with Crippen LogP contribution in [0.3, 0.4) is 0 Å². The Kier molecular flexibility index (Phi) is 8.75. The van der Waals surface area contributed by atoms with Crippen LogP contribution < -0.4 is 4.74 Å². The number of Topliss-reactive ketones (excluding diaryl/α,β-unsaturated/α-hetero) is 2. The average Bonchev–Trinajstić information content (AvgIpc) is 2.64. The fraction of sp³-hybridized carbons (Fsp3) is 0.579. The third-order valence-electron chi connectivity index (χ3n) is 4.66.